The highest BCUT2D eigenvalue weighted by molar-refractivity contribution is 5.78. The van der Waals surface area contributed by atoms with E-state index in [2.05, 4.69) is 4.98 Å². The normalized spacial score (nSPS) is 10.8. The zero-order valence-corrected chi connectivity index (χ0v) is 15.4. The summed E-state index contributed by atoms with van der Waals surface area (Å²) < 4.78 is 11.3. The number of anilines is 1. The average molecular weight is 405 g/mol. The van der Waals surface area contributed by atoms with Gasteiger partial charge in [-0.2, -0.15) is 0 Å². The first-order chi connectivity index (χ1) is 14.4. The van der Waals surface area contributed by atoms with E-state index in [4.69, 9.17) is 20.0 Å². The smallest absolute Gasteiger partial charge is 0.422 e. The molecule has 0 atom stereocenters. The van der Waals surface area contributed by atoms with Crippen LogP contribution in [0, 0.1) is 0 Å². The molecule has 0 spiro atoms. The summed E-state index contributed by atoms with van der Waals surface area (Å²) in [5.41, 5.74) is 6.73. The number of nitrogen functional groups attached to an aromatic ring is 1. The molecule has 0 aliphatic heterocycles. The van der Waals surface area contributed by atoms with Gasteiger partial charge in [0.05, 0.1) is 0 Å². The van der Waals surface area contributed by atoms with Gasteiger partial charge in [-0.3, -0.25) is 9.59 Å². The molecule has 9 heteroatoms. The van der Waals surface area contributed by atoms with Gasteiger partial charge >= 0.3 is 11.7 Å². The molecule has 0 radical (unpaired) electrons. The Morgan fingerprint density at radius 1 is 1.07 bits per heavy atom. The van der Waals surface area contributed by atoms with Crippen LogP contribution in [0.5, 0.6) is 11.5 Å². The zero-order chi connectivity index (χ0) is 21.3. The summed E-state index contributed by atoms with van der Waals surface area (Å²) in [7, 11) is 0. The molecular weight excluding hydrogens is 390 g/mol. The van der Waals surface area contributed by atoms with Crippen LogP contribution in [-0.4, -0.2) is 20.6 Å². The first-order valence-electron chi connectivity index (χ1n) is 8.80. The largest absolute Gasteiger partial charge is 0.480 e. The lowest BCUT2D eigenvalue weighted by Crippen LogP contribution is -2.35. The van der Waals surface area contributed by atoms with Crippen LogP contribution >= 0.6 is 0 Å². The summed E-state index contributed by atoms with van der Waals surface area (Å²) in [6, 6.07) is 15.6. The molecule has 0 aliphatic rings. The number of aromatic nitrogens is 2. The Morgan fingerprint density at radius 3 is 2.53 bits per heavy atom. The number of fused-ring (bicyclic) bond motifs is 1. The number of carboxylic acid groups (broad SMARTS) is 1. The van der Waals surface area contributed by atoms with E-state index in [1.54, 1.807) is 48.5 Å². The monoisotopic (exact) mass is 405 g/mol. The number of pyridine rings is 1. The molecule has 2 heterocycles. The van der Waals surface area contributed by atoms with Gasteiger partial charge in [-0.25, -0.2) is 14.3 Å². The Bertz CT molecular complexity index is 1370. The summed E-state index contributed by atoms with van der Waals surface area (Å²) in [6.07, 6.45) is 1.45. The van der Waals surface area contributed by atoms with Crippen molar-refractivity contribution in [1.29, 1.82) is 0 Å². The molecule has 0 saturated heterocycles. The number of nitrogens with two attached hydrogens (primary N) is 1. The topological polar surface area (TPSA) is 138 Å². The van der Waals surface area contributed by atoms with Crippen LogP contribution in [0.3, 0.4) is 0 Å². The summed E-state index contributed by atoms with van der Waals surface area (Å²) >= 11 is 0. The molecule has 4 aromatic rings. The predicted molar refractivity (Wildman–Crippen MR) is 109 cm³/mol. The second-order valence-electron chi connectivity index (χ2n) is 6.42. The van der Waals surface area contributed by atoms with Crippen molar-refractivity contribution in [2.75, 3.05) is 5.73 Å². The van der Waals surface area contributed by atoms with Crippen molar-refractivity contribution in [1.82, 2.24) is 9.55 Å². The number of carboxylic acids is 1. The van der Waals surface area contributed by atoms with Gasteiger partial charge in [-0.1, -0.05) is 18.2 Å². The maximum Gasteiger partial charge on any atom is 0.422 e. The van der Waals surface area contributed by atoms with Crippen molar-refractivity contribution in [3.63, 3.8) is 0 Å². The van der Waals surface area contributed by atoms with Gasteiger partial charge in [-0.15, -0.1) is 0 Å². The third kappa shape index (κ3) is 3.76. The average Bonchev–Trinajstić information content (AvgIpc) is 2.71. The lowest BCUT2D eigenvalue weighted by atomic mass is 10.1. The second kappa shape index (κ2) is 7.55. The van der Waals surface area contributed by atoms with Crippen LogP contribution in [0.25, 0.3) is 22.2 Å². The molecule has 2 aromatic heterocycles. The molecule has 150 valence electrons. The lowest BCUT2D eigenvalue weighted by Gasteiger charge is -2.08. The Morgan fingerprint density at radius 2 is 1.83 bits per heavy atom. The number of hydrogen-bond acceptors (Lipinski definition) is 7. The van der Waals surface area contributed by atoms with Crippen molar-refractivity contribution in [2.45, 2.75) is 6.54 Å². The standard InChI is InChI=1S/C21H15N3O6/c22-14-2-1-3-16(9-14)29-15-6-4-12(5-7-15)13-8-17-19(23-10-13)20(27)24(11-18(25)26)21(28)30-17/h1-10H,11,22H2,(H,25,26). The number of ether oxygens (including phenoxy) is 1. The van der Waals surface area contributed by atoms with Crippen molar-refractivity contribution in [2.24, 2.45) is 0 Å². The van der Waals surface area contributed by atoms with E-state index >= 15 is 0 Å². The molecule has 30 heavy (non-hydrogen) atoms. The predicted octanol–water partition coefficient (Wildman–Crippen LogP) is 2.48. The molecule has 0 saturated carbocycles. The SMILES string of the molecule is Nc1cccc(Oc2ccc(-c3cnc4c(=O)n(CC(=O)O)c(=O)oc4c3)cc2)c1. The second-order valence-corrected chi connectivity index (χ2v) is 6.42. The van der Waals surface area contributed by atoms with E-state index in [-0.39, 0.29) is 11.1 Å². The molecule has 0 unspecified atom stereocenters. The molecule has 0 amide bonds. The van der Waals surface area contributed by atoms with Crippen LogP contribution in [0.2, 0.25) is 0 Å². The van der Waals surface area contributed by atoms with Crippen molar-refractivity contribution in [3.05, 3.63) is 81.7 Å². The van der Waals surface area contributed by atoms with Gasteiger partial charge in [0.1, 0.15) is 18.0 Å². The lowest BCUT2D eigenvalue weighted by molar-refractivity contribution is -0.137. The van der Waals surface area contributed by atoms with Gasteiger partial charge < -0.3 is 20.0 Å². The number of rotatable bonds is 5. The molecule has 0 aliphatic carbocycles. The highest BCUT2D eigenvalue weighted by Gasteiger charge is 2.14. The van der Waals surface area contributed by atoms with Crippen LogP contribution < -0.4 is 21.8 Å². The molecule has 4 rings (SSSR count). The van der Waals surface area contributed by atoms with Gasteiger partial charge in [-0.05, 0) is 35.9 Å². The Hall–Kier alpha value is -4.40. The summed E-state index contributed by atoms with van der Waals surface area (Å²) in [5, 5.41) is 8.83. The summed E-state index contributed by atoms with van der Waals surface area (Å²) in [4.78, 5) is 39.2. The van der Waals surface area contributed by atoms with Gasteiger partial charge in [0.2, 0.25) is 0 Å². The Kier molecular flexibility index (Phi) is 4.77. The maximum atomic E-state index is 12.3. The van der Waals surface area contributed by atoms with Crippen LogP contribution in [0.15, 0.2) is 74.8 Å². The highest BCUT2D eigenvalue weighted by atomic mass is 16.5. The van der Waals surface area contributed by atoms with Crippen molar-refractivity contribution >= 4 is 22.8 Å². The van der Waals surface area contributed by atoms with Gasteiger partial charge in [0, 0.05) is 23.5 Å². The maximum absolute atomic E-state index is 12.3. The van der Waals surface area contributed by atoms with E-state index in [0.29, 0.717) is 27.3 Å². The quantitative estimate of drug-likeness (QED) is 0.483. The van der Waals surface area contributed by atoms with Crippen LogP contribution in [0.4, 0.5) is 5.69 Å². The molecule has 3 N–H and O–H groups in total. The minimum absolute atomic E-state index is 0.0239. The third-order valence-corrected chi connectivity index (χ3v) is 4.29. The molecule has 0 fully saturated rings. The fraction of sp³-hybridized carbons (Fsp3) is 0.0476. The number of carbonyl (C=O) groups is 1. The number of aliphatic carboxylic acids is 1. The minimum atomic E-state index is -1.33. The highest BCUT2D eigenvalue weighted by Crippen LogP contribution is 2.27. The number of nitrogens with zero attached hydrogens (tertiary/aromatic N) is 2. The van der Waals surface area contributed by atoms with E-state index in [1.807, 2.05) is 0 Å². The first kappa shape index (κ1) is 18.9. The minimum Gasteiger partial charge on any atom is -0.480 e. The van der Waals surface area contributed by atoms with E-state index < -0.39 is 23.8 Å². The fourth-order valence-corrected chi connectivity index (χ4v) is 2.90. The summed E-state index contributed by atoms with van der Waals surface area (Å²) in [6.45, 7) is -0.797. The third-order valence-electron chi connectivity index (χ3n) is 4.29. The van der Waals surface area contributed by atoms with Crippen LogP contribution in [0.1, 0.15) is 0 Å². The molecule has 0 bridgehead atoms. The fourth-order valence-electron chi connectivity index (χ4n) is 2.90. The Labute approximate surface area is 168 Å². The van der Waals surface area contributed by atoms with E-state index in [1.165, 1.54) is 12.3 Å². The van der Waals surface area contributed by atoms with Gasteiger partial charge in [0.25, 0.3) is 5.56 Å². The Balaban J connectivity index is 1.65. The van der Waals surface area contributed by atoms with E-state index in [0.717, 1.165) is 5.56 Å². The molecule has 9 nitrogen and oxygen atoms in total. The summed E-state index contributed by atoms with van der Waals surface area (Å²) in [5.74, 6) is -1.18. The van der Waals surface area contributed by atoms with Crippen LogP contribution in [-0.2, 0) is 11.3 Å². The molecular formula is C21H15N3O6. The van der Waals surface area contributed by atoms with E-state index in [9.17, 15) is 14.4 Å². The number of hydrogen-bond donors (Lipinski definition) is 2. The molecule has 2 aromatic carbocycles. The van der Waals surface area contributed by atoms with Crippen molar-refractivity contribution < 1.29 is 19.1 Å². The first-order valence-corrected chi connectivity index (χ1v) is 8.80. The zero-order valence-electron chi connectivity index (χ0n) is 15.4. The number of benzene rings is 2. The van der Waals surface area contributed by atoms with Crippen molar-refractivity contribution in [3.8, 4) is 22.6 Å². The van der Waals surface area contributed by atoms with Gasteiger partial charge in [0.15, 0.2) is 11.1 Å².